The van der Waals surface area contributed by atoms with Gasteiger partial charge in [0.15, 0.2) is 5.82 Å². The molecule has 34 heavy (non-hydrogen) atoms. The van der Waals surface area contributed by atoms with E-state index in [0.717, 1.165) is 18.5 Å². The number of imidazole rings is 1. The first-order valence-corrected chi connectivity index (χ1v) is 11.1. The van der Waals surface area contributed by atoms with Gasteiger partial charge < -0.3 is 19.6 Å². The maximum atomic E-state index is 14.8. The van der Waals surface area contributed by atoms with Crippen molar-refractivity contribution >= 4 is 11.7 Å². The van der Waals surface area contributed by atoms with Gasteiger partial charge in [0.2, 0.25) is 0 Å². The van der Waals surface area contributed by atoms with Crippen molar-refractivity contribution in [2.75, 3.05) is 11.9 Å². The molecule has 4 aromatic rings. The topological polar surface area (TPSA) is 111 Å². The molecule has 0 radical (unpaired) electrons. The quantitative estimate of drug-likeness (QED) is 0.435. The number of nitrogens with zero attached hydrogens (tertiary/aromatic N) is 6. The van der Waals surface area contributed by atoms with Crippen LogP contribution in [0.2, 0.25) is 0 Å². The SMILES string of the molecule is Cc1cc(F)c(C(=O)Nc2cccc(-c3nncn3C(C)CO)n2)cc1-n1cnc(C2CC2)c1. The van der Waals surface area contributed by atoms with Crippen LogP contribution in [0.25, 0.3) is 17.2 Å². The Morgan fingerprint density at radius 2 is 2.12 bits per heavy atom. The van der Waals surface area contributed by atoms with Crippen molar-refractivity contribution in [3.63, 3.8) is 0 Å². The fourth-order valence-electron chi connectivity index (χ4n) is 3.82. The number of hydrogen-bond acceptors (Lipinski definition) is 6. The Balaban J connectivity index is 1.41. The van der Waals surface area contributed by atoms with Crippen LogP contribution in [0.15, 0.2) is 49.2 Å². The standard InChI is InChI=1S/C24H24FN7O2/c1-14-8-18(25)17(9-21(14)31-10-20(26-12-31)16-6-7-16)24(34)29-22-5-3-4-19(28-22)23-30-27-13-32(23)15(2)11-33/h3-5,8-10,12-13,15-16,33H,6-7,11H2,1-2H3,(H,28,29,34). The lowest BCUT2D eigenvalue weighted by Gasteiger charge is -2.13. The summed E-state index contributed by atoms with van der Waals surface area (Å²) in [4.78, 5) is 21.9. The van der Waals surface area contributed by atoms with Crippen molar-refractivity contribution in [2.24, 2.45) is 0 Å². The van der Waals surface area contributed by atoms with Crippen molar-refractivity contribution in [3.05, 3.63) is 71.8 Å². The third kappa shape index (κ3) is 4.19. The summed E-state index contributed by atoms with van der Waals surface area (Å²) in [5.74, 6) is -0.0405. The van der Waals surface area contributed by atoms with Crippen LogP contribution in [0, 0.1) is 12.7 Å². The molecule has 1 aliphatic rings. The predicted octanol–water partition coefficient (Wildman–Crippen LogP) is 3.66. The fraction of sp³-hybridized carbons (Fsp3) is 0.292. The van der Waals surface area contributed by atoms with Gasteiger partial charge >= 0.3 is 0 Å². The Kier molecular flexibility index (Phi) is 5.66. The van der Waals surface area contributed by atoms with Gasteiger partial charge in [0.25, 0.3) is 5.91 Å². The van der Waals surface area contributed by atoms with Gasteiger partial charge in [0.1, 0.15) is 23.7 Å². The predicted molar refractivity (Wildman–Crippen MR) is 123 cm³/mol. The number of amides is 1. The van der Waals surface area contributed by atoms with Crippen LogP contribution >= 0.6 is 0 Å². The van der Waals surface area contributed by atoms with E-state index in [9.17, 15) is 14.3 Å². The Hall–Kier alpha value is -3.92. The van der Waals surface area contributed by atoms with Crippen LogP contribution in [0.3, 0.4) is 0 Å². The minimum absolute atomic E-state index is 0.0877. The number of carbonyl (C=O) groups excluding carboxylic acids is 1. The van der Waals surface area contributed by atoms with Crippen molar-refractivity contribution in [3.8, 4) is 17.2 Å². The van der Waals surface area contributed by atoms with Gasteiger partial charge in [-0.05, 0) is 56.5 Å². The summed E-state index contributed by atoms with van der Waals surface area (Å²) in [6.07, 6.45) is 7.41. The van der Waals surface area contributed by atoms with Crippen molar-refractivity contribution in [1.82, 2.24) is 29.3 Å². The highest BCUT2D eigenvalue weighted by molar-refractivity contribution is 6.04. The molecule has 0 saturated heterocycles. The Morgan fingerprint density at radius 1 is 1.29 bits per heavy atom. The zero-order chi connectivity index (χ0) is 23.8. The molecule has 0 bridgehead atoms. The third-order valence-electron chi connectivity index (χ3n) is 5.94. The van der Waals surface area contributed by atoms with E-state index in [-0.39, 0.29) is 24.0 Å². The second-order valence-corrected chi connectivity index (χ2v) is 8.55. The molecule has 1 unspecified atom stereocenters. The maximum absolute atomic E-state index is 14.8. The summed E-state index contributed by atoms with van der Waals surface area (Å²) in [6.45, 7) is 3.53. The number of nitrogens with one attached hydrogen (secondary N) is 1. The fourth-order valence-corrected chi connectivity index (χ4v) is 3.82. The molecule has 174 valence electrons. The number of anilines is 1. The van der Waals surface area contributed by atoms with Crippen molar-refractivity contribution < 1.29 is 14.3 Å². The number of benzene rings is 1. The maximum Gasteiger partial charge on any atom is 0.259 e. The molecule has 3 heterocycles. The normalized spacial score (nSPS) is 14.2. The van der Waals surface area contributed by atoms with Crippen LogP contribution in [0.1, 0.15) is 53.3 Å². The second-order valence-electron chi connectivity index (χ2n) is 8.55. The average Bonchev–Trinajstić information content (AvgIpc) is 3.35. The number of carbonyl (C=O) groups is 1. The summed E-state index contributed by atoms with van der Waals surface area (Å²) >= 11 is 0. The first-order chi connectivity index (χ1) is 16.4. The van der Waals surface area contributed by atoms with E-state index in [4.69, 9.17) is 0 Å². The van der Waals surface area contributed by atoms with Gasteiger partial charge in [0, 0.05) is 12.1 Å². The van der Waals surface area contributed by atoms with E-state index < -0.39 is 11.7 Å². The molecule has 1 aromatic carbocycles. The zero-order valence-corrected chi connectivity index (χ0v) is 18.8. The van der Waals surface area contributed by atoms with E-state index in [1.54, 1.807) is 36.0 Å². The molecular weight excluding hydrogens is 437 g/mol. The highest BCUT2D eigenvalue weighted by Crippen LogP contribution is 2.39. The van der Waals surface area contributed by atoms with Gasteiger partial charge in [0.05, 0.1) is 35.9 Å². The molecular formula is C24H24FN7O2. The highest BCUT2D eigenvalue weighted by Gasteiger charge is 2.26. The first-order valence-electron chi connectivity index (χ1n) is 11.1. The lowest BCUT2D eigenvalue weighted by molar-refractivity contribution is 0.102. The summed E-state index contributed by atoms with van der Waals surface area (Å²) in [6, 6.07) is 7.69. The molecule has 10 heteroatoms. The molecule has 2 N–H and O–H groups in total. The van der Waals surface area contributed by atoms with Gasteiger partial charge in [-0.15, -0.1) is 10.2 Å². The lowest BCUT2D eigenvalue weighted by atomic mass is 10.1. The smallest absolute Gasteiger partial charge is 0.259 e. The summed E-state index contributed by atoms with van der Waals surface area (Å²) in [5, 5.41) is 20.1. The molecule has 1 saturated carbocycles. The average molecular weight is 462 g/mol. The third-order valence-corrected chi connectivity index (χ3v) is 5.94. The van der Waals surface area contributed by atoms with E-state index in [0.29, 0.717) is 28.7 Å². The van der Waals surface area contributed by atoms with E-state index >= 15 is 0 Å². The highest BCUT2D eigenvalue weighted by atomic mass is 19.1. The molecule has 0 aliphatic heterocycles. The number of halogens is 1. The summed E-state index contributed by atoms with van der Waals surface area (Å²) < 4.78 is 18.3. The van der Waals surface area contributed by atoms with E-state index in [1.165, 1.54) is 18.5 Å². The molecule has 1 atom stereocenters. The Labute approximate surface area is 195 Å². The zero-order valence-electron chi connectivity index (χ0n) is 18.8. The lowest BCUT2D eigenvalue weighted by Crippen LogP contribution is -2.16. The minimum Gasteiger partial charge on any atom is -0.394 e. The Bertz CT molecular complexity index is 1360. The van der Waals surface area contributed by atoms with Gasteiger partial charge in [-0.25, -0.2) is 14.4 Å². The molecule has 1 fully saturated rings. The second kappa shape index (κ2) is 8.79. The molecule has 1 aliphatic carbocycles. The summed E-state index contributed by atoms with van der Waals surface area (Å²) in [7, 11) is 0. The minimum atomic E-state index is -0.617. The van der Waals surface area contributed by atoms with Crippen LogP contribution in [0.5, 0.6) is 0 Å². The monoisotopic (exact) mass is 461 g/mol. The number of hydrogen-bond donors (Lipinski definition) is 2. The van der Waals surface area contributed by atoms with Gasteiger partial charge in [-0.2, -0.15) is 0 Å². The van der Waals surface area contributed by atoms with Crippen molar-refractivity contribution in [1.29, 1.82) is 0 Å². The molecule has 0 spiro atoms. The number of pyridine rings is 1. The number of aliphatic hydroxyl groups excluding tert-OH is 1. The molecule has 9 nitrogen and oxygen atoms in total. The van der Waals surface area contributed by atoms with Crippen LogP contribution in [-0.4, -0.2) is 46.9 Å². The number of aryl methyl sites for hydroxylation is 1. The van der Waals surface area contributed by atoms with E-state index in [2.05, 4.69) is 25.5 Å². The first kappa shape index (κ1) is 21.9. The number of aromatic nitrogens is 6. The molecule has 5 rings (SSSR count). The van der Waals surface area contributed by atoms with Crippen LogP contribution in [0.4, 0.5) is 10.2 Å². The van der Waals surface area contributed by atoms with Gasteiger partial charge in [-0.3, -0.25) is 4.79 Å². The molecule has 3 aromatic heterocycles. The van der Waals surface area contributed by atoms with Gasteiger partial charge in [-0.1, -0.05) is 6.07 Å². The van der Waals surface area contributed by atoms with E-state index in [1.807, 2.05) is 17.7 Å². The molecule has 1 amide bonds. The van der Waals surface area contributed by atoms with Crippen molar-refractivity contribution in [2.45, 2.75) is 38.6 Å². The van der Waals surface area contributed by atoms with Crippen LogP contribution < -0.4 is 5.32 Å². The summed E-state index contributed by atoms with van der Waals surface area (Å²) in [5.41, 5.74) is 2.78. The largest absolute Gasteiger partial charge is 0.394 e. The number of rotatable bonds is 7. The Morgan fingerprint density at radius 3 is 2.88 bits per heavy atom. The number of aliphatic hydroxyl groups is 1. The van der Waals surface area contributed by atoms with Crippen LogP contribution in [-0.2, 0) is 0 Å².